The fourth-order valence-corrected chi connectivity index (χ4v) is 4.14. The van der Waals surface area contributed by atoms with E-state index in [4.69, 9.17) is 4.74 Å². The summed E-state index contributed by atoms with van der Waals surface area (Å²) < 4.78 is 29.6. The Labute approximate surface area is 166 Å². The number of hydrogen-bond acceptors (Lipinski definition) is 5. The van der Waals surface area contributed by atoms with Gasteiger partial charge < -0.3 is 14.5 Å². The maximum absolute atomic E-state index is 12.7. The number of hydrogen-bond donors (Lipinski definition) is 2. The number of nitrogens with zero attached hydrogens (tertiary/aromatic N) is 2. The lowest BCUT2D eigenvalue weighted by atomic mass is 9.98. The minimum atomic E-state index is -2.74. The van der Waals surface area contributed by atoms with Gasteiger partial charge in [-0.15, -0.1) is 0 Å². The van der Waals surface area contributed by atoms with Crippen molar-refractivity contribution in [3.05, 3.63) is 29.3 Å². The van der Waals surface area contributed by atoms with Crippen LogP contribution in [-0.4, -0.2) is 62.5 Å². The molecule has 1 saturated carbocycles. The van der Waals surface area contributed by atoms with Crippen LogP contribution in [0.1, 0.15) is 48.0 Å². The van der Waals surface area contributed by atoms with Crippen molar-refractivity contribution in [2.75, 3.05) is 30.9 Å². The molecule has 1 aliphatic carbocycles. The first kappa shape index (κ1) is 20.4. The molecular weight excluding hydrogens is 382 g/mol. The smallest absolute Gasteiger partial charge is 0.410 e. The van der Waals surface area contributed by atoms with Crippen LogP contribution in [0.4, 0.5) is 10.5 Å². The number of ether oxygens (including phenoxy) is 1. The molecule has 1 N–H and O–H groups in total. The van der Waals surface area contributed by atoms with Gasteiger partial charge in [0.25, 0.3) is 5.91 Å². The predicted octanol–water partition coefficient (Wildman–Crippen LogP) is 2.16. The standard InChI is InChI=1S/C19H27N3O5S/c1-14-13-15(7-8-17(14)20-28(25)26)18(23)21-9-11-22(12-10-21)19(24)27-16-5-3-2-4-6-16/h7-8,13,16,28H,2-6,9-12H2,1H3,(H,20,25,26). The molecule has 1 aliphatic heterocycles. The normalized spacial score (nSPS) is 18.2. The quantitative estimate of drug-likeness (QED) is 0.743. The van der Waals surface area contributed by atoms with Gasteiger partial charge in [0.05, 0.1) is 5.69 Å². The lowest BCUT2D eigenvalue weighted by Crippen LogP contribution is -2.51. The molecule has 1 aromatic rings. The summed E-state index contributed by atoms with van der Waals surface area (Å²) in [4.78, 5) is 28.4. The van der Waals surface area contributed by atoms with Crippen molar-refractivity contribution in [2.45, 2.75) is 45.1 Å². The van der Waals surface area contributed by atoms with E-state index >= 15 is 0 Å². The van der Waals surface area contributed by atoms with Gasteiger partial charge in [0.2, 0.25) is 10.9 Å². The van der Waals surface area contributed by atoms with Crippen molar-refractivity contribution in [2.24, 2.45) is 0 Å². The van der Waals surface area contributed by atoms with E-state index < -0.39 is 10.9 Å². The number of rotatable bonds is 4. The van der Waals surface area contributed by atoms with Crippen molar-refractivity contribution >= 4 is 28.6 Å². The number of carbonyl (C=O) groups excluding carboxylic acids is 2. The Hall–Kier alpha value is -2.29. The largest absolute Gasteiger partial charge is 0.446 e. The number of nitrogens with one attached hydrogen (secondary N) is 1. The highest BCUT2D eigenvalue weighted by atomic mass is 32.2. The lowest BCUT2D eigenvalue weighted by molar-refractivity contribution is 0.0306. The number of piperazine rings is 1. The maximum atomic E-state index is 12.7. The molecular formula is C19H27N3O5S. The molecule has 2 aliphatic rings. The number of anilines is 1. The number of amides is 2. The molecule has 1 aromatic carbocycles. The summed E-state index contributed by atoms with van der Waals surface area (Å²) in [6.07, 6.45) is 5.06. The molecule has 0 atom stereocenters. The van der Waals surface area contributed by atoms with Gasteiger partial charge in [-0.2, -0.15) is 0 Å². The van der Waals surface area contributed by atoms with E-state index in [2.05, 4.69) is 4.72 Å². The average Bonchev–Trinajstić information content (AvgIpc) is 2.69. The third kappa shape index (κ3) is 5.15. The first-order valence-corrected chi connectivity index (χ1v) is 10.9. The van der Waals surface area contributed by atoms with Crippen molar-refractivity contribution in [1.82, 2.24) is 9.80 Å². The van der Waals surface area contributed by atoms with E-state index in [9.17, 15) is 18.0 Å². The molecule has 0 radical (unpaired) electrons. The maximum Gasteiger partial charge on any atom is 0.410 e. The molecule has 0 aromatic heterocycles. The van der Waals surface area contributed by atoms with Crippen LogP contribution in [0.15, 0.2) is 18.2 Å². The second-order valence-corrected chi connectivity index (χ2v) is 8.06. The number of thiol groups is 1. The Kier molecular flexibility index (Phi) is 6.77. The van der Waals surface area contributed by atoms with E-state index in [0.717, 1.165) is 25.7 Å². The second-order valence-electron chi connectivity index (χ2n) is 7.32. The van der Waals surface area contributed by atoms with Gasteiger partial charge in [-0.3, -0.25) is 9.52 Å². The zero-order chi connectivity index (χ0) is 20.1. The molecule has 2 fully saturated rings. The van der Waals surface area contributed by atoms with Gasteiger partial charge in [0, 0.05) is 31.7 Å². The van der Waals surface area contributed by atoms with Gasteiger partial charge in [0.1, 0.15) is 6.10 Å². The first-order chi connectivity index (χ1) is 13.4. The summed E-state index contributed by atoms with van der Waals surface area (Å²) >= 11 is 0. The molecule has 8 nitrogen and oxygen atoms in total. The Balaban J connectivity index is 1.53. The van der Waals surface area contributed by atoms with Crippen LogP contribution in [0.2, 0.25) is 0 Å². The van der Waals surface area contributed by atoms with E-state index in [-0.39, 0.29) is 18.1 Å². The highest BCUT2D eigenvalue weighted by molar-refractivity contribution is 7.73. The third-order valence-corrected chi connectivity index (χ3v) is 5.75. The van der Waals surface area contributed by atoms with E-state index in [1.807, 2.05) is 0 Å². The first-order valence-electron chi connectivity index (χ1n) is 9.70. The number of aryl methyl sites for hydroxylation is 1. The monoisotopic (exact) mass is 409 g/mol. The minimum Gasteiger partial charge on any atom is -0.446 e. The molecule has 1 saturated heterocycles. The summed E-state index contributed by atoms with van der Waals surface area (Å²) in [5.41, 5.74) is 1.64. The Morgan fingerprint density at radius 2 is 1.68 bits per heavy atom. The van der Waals surface area contributed by atoms with Crippen LogP contribution in [0.5, 0.6) is 0 Å². The fourth-order valence-electron chi connectivity index (χ4n) is 3.70. The van der Waals surface area contributed by atoms with Crippen molar-refractivity contribution in [1.29, 1.82) is 0 Å². The molecule has 1 heterocycles. The van der Waals surface area contributed by atoms with Gasteiger partial charge in [-0.1, -0.05) is 6.42 Å². The fraction of sp³-hybridized carbons (Fsp3) is 0.579. The van der Waals surface area contributed by atoms with Crippen molar-refractivity contribution < 1.29 is 22.7 Å². The van der Waals surface area contributed by atoms with Crippen LogP contribution in [0.25, 0.3) is 0 Å². The van der Waals surface area contributed by atoms with Crippen molar-refractivity contribution in [3.63, 3.8) is 0 Å². The lowest BCUT2D eigenvalue weighted by Gasteiger charge is -2.35. The molecule has 2 amide bonds. The molecule has 0 bridgehead atoms. The van der Waals surface area contributed by atoms with Crippen LogP contribution in [-0.2, 0) is 15.6 Å². The summed E-state index contributed by atoms with van der Waals surface area (Å²) in [5.74, 6) is -0.124. The zero-order valence-electron chi connectivity index (χ0n) is 16.1. The minimum absolute atomic E-state index is 0.0280. The molecule has 9 heteroatoms. The SMILES string of the molecule is Cc1cc(C(=O)N2CCN(C(=O)OC3CCCCC3)CC2)ccc1N[SH](=O)=O. The van der Waals surface area contributed by atoms with Crippen LogP contribution < -0.4 is 4.72 Å². The van der Waals surface area contributed by atoms with Gasteiger partial charge in [-0.25, -0.2) is 13.2 Å². The van der Waals surface area contributed by atoms with Gasteiger partial charge >= 0.3 is 6.09 Å². The van der Waals surface area contributed by atoms with E-state index in [0.29, 0.717) is 43.0 Å². The highest BCUT2D eigenvalue weighted by Crippen LogP contribution is 2.22. The zero-order valence-corrected chi connectivity index (χ0v) is 17.0. The predicted molar refractivity (Wildman–Crippen MR) is 106 cm³/mol. The third-order valence-electron chi connectivity index (χ3n) is 5.33. The summed E-state index contributed by atoms with van der Waals surface area (Å²) in [6.45, 7) is 3.55. The topological polar surface area (TPSA) is 96.0 Å². The summed E-state index contributed by atoms with van der Waals surface area (Å²) in [5, 5.41) is 0. The molecule has 3 rings (SSSR count). The van der Waals surface area contributed by atoms with E-state index in [1.165, 1.54) is 6.42 Å². The van der Waals surface area contributed by atoms with Crippen LogP contribution in [0, 0.1) is 6.92 Å². The summed E-state index contributed by atoms with van der Waals surface area (Å²) in [7, 11) is -2.74. The average molecular weight is 410 g/mol. The highest BCUT2D eigenvalue weighted by Gasteiger charge is 2.27. The summed E-state index contributed by atoms with van der Waals surface area (Å²) in [6, 6.07) is 4.87. The van der Waals surface area contributed by atoms with Gasteiger partial charge in [0.15, 0.2) is 0 Å². The van der Waals surface area contributed by atoms with E-state index in [1.54, 1.807) is 34.9 Å². The van der Waals surface area contributed by atoms with Crippen LogP contribution >= 0.6 is 0 Å². The van der Waals surface area contributed by atoms with Gasteiger partial charge in [-0.05, 0) is 56.4 Å². The Bertz CT molecular complexity index is 789. The molecule has 154 valence electrons. The molecule has 28 heavy (non-hydrogen) atoms. The second kappa shape index (κ2) is 9.27. The Morgan fingerprint density at radius 1 is 1.04 bits per heavy atom. The molecule has 0 unspecified atom stereocenters. The van der Waals surface area contributed by atoms with Crippen molar-refractivity contribution in [3.8, 4) is 0 Å². The Morgan fingerprint density at radius 3 is 2.29 bits per heavy atom. The molecule has 0 spiro atoms. The van der Waals surface area contributed by atoms with Crippen LogP contribution in [0.3, 0.4) is 0 Å². The number of benzene rings is 1. The number of carbonyl (C=O) groups is 2.